The summed E-state index contributed by atoms with van der Waals surface area (Å²) < 4.78 is 7.41. The number of hydrogen-bond donors (Lipinski definition) is 0. The van der Waals surface area contributed by atoms with Gasteiger partial charge >= 0.3 is 0 Å². The first-order chi connectivity index (χ1) is 8.81. The summed E-state index contributed by atoms with van der Waals surface area (Å²) in [4.78, 5) is 14.5. The van der Waals surface area contributed by atoms with Crippen LogP contribution in [0, 0.1) is 0 Å². The number of nitrogens with zero attached hydrogens (tertiary/aromatic N) is 2. The first-order valence-corrected chi connectivity index (χ1v) is 6.67. The van der Waals surface area contributed by atoms with Gasteiger partial charge in [-0.15, -0.1) is 0 Å². The summed E-state index contributed by atoms with van der Waals surface area (Å²) >= 11 is 0. The van der Waals surface area contributed by atoms with Crippen molar-refractivity contribution in [1.29, 1.82) is 0 Å². The number of amides is 1. The molecule has 18 heavy (non-hydrogen) atoms. The van der Waals surface area contributed by atoms with Gasteiger partial charge in [-0.25, -0.2) is 0 Å². The maximum absolute atomic E-state index is 12.5. The molecule has 0 spiro atoms. The predicted octanol–water partition coefficient (Wildman–Crippen LogP) is 2.88. The largest absolute Gasteiger partial charge is 0.448 e. The molecular weight excluding hydrogens is 228 g/mol. The zero-order chi connectivity index (χ0) is 12.5. The molecule has 0 aliphatic carbocycles. The van der Waals surface area contributed by atoms with E-state index in [0.717, 1.165) is 49.3 Å². The van der Waals surface area contributed by atoms with Crippen LogP contribution in [-0.2, 0) is 6.54 Å². The first-order valence-electron chi connectivity index (χ1n) is 6.67. The van der Waals surface area contributed by atoms with Crippen LogP contribution in [0.25, 0.3) is 11.1 Å². The minimum absolute atomic E-state index is 0.142. The predicted molar refractivity (Wildman–Crippen MR) is 69.6 cm³/mol. The van der Waals surface area contributed by atoms with E-state index in [4.69, 9.17) is 4.42 Å². The molecule has 0 unspecified atom stereocenters. The fraction of sp³-hybridized carbons (Fsp3) is 0.500. The normalized spacial score (nSPS) is 16.4. The molecule has 3 heterocycles. The lowest BCUT2D eigenvalue weighted by Gasteiger charge is -2.26. The molecule has 1 aliphatic rings. The maximum atomic E-state index is 12.5. The van der Waals surface area contributed by atoms with Crippen LogP contribution in [0.4, 0.5) is 0 Å². The third-order valence-electron chi connectivity index (χ3n) is 3.68. The highest BCUT2D eigenvalue weighted by Gasteiger charge is 2.23. The van der Waals surface area contributed by atoms with E-state index in [1.807, 2.05) is 28.5 Å². The van der Waals surface area contributed by atoms with Gasteiger partial charge in [0.05, 0.1) is 6.26 Å². The minimum atomic E-state index is 0.142. The smallest absolute Gasteiger partial charge is 0.270 e. The van der Waals surface area contributed by atoms with Crippen LogP contribution in [-0.4, -0.2) is 28.5 Å². The number of aryl methyl sites for hydroxylation is 1. The van der Waals surface area contributed by atoms with Crippen LogP contribution < -0.4 is 0 Å². The van der Waals surface area contributed by atoms with Gasteiger partial charge in [0, 0.05) is 25.0 Å². The number of hydrogen-bond acceptors (Lipinski definition) is 2. The molecule has 2 aromatic rings. The van der Waals surface area contributed by atoms with E-state index in [9.17, 15) is 4.79 Å². The lowest BCUT2D eigenvalue weighted by atomic mass is 10.1. The lowest BCUT2D eigenvalue weighted by Crippen LogP contribution is -2.36. The van der Waals surface area contributed by atoms with Gasteiger partial charge in [-0.1, -0.05) is 0 Å². The monoisotopic (exact) mass is 246 g/mol. The van der Waals surface area contributed by atoms with Crippen molar-refractivity contribution in [2.24, 2.45) is 0 Å². The van der Waals surface area contributed by atoms with Crippen molar-refractivity contribution in [2.45, 2.75) is 32.7 Å². The van der Waals surface area contributed by atoms with Crippen molar-refractivity contribution in [1.82, 2.24) is 9.47 Å². The number of aromatic nitrogens is 1. The van der Waals surface area contributed by atoms with Gasteiger partial charge < -0.3 is 13.9 Å². The average molecular weight is 246 g/mol. The van der Waals surface area contributed by atoms with Crippen LogP contribution in [0.3, 0.4) is 0 Å². The van der Waals surface area contributed by atoms with Gasteiger partial charge in [0.25, 0.3) is 5.91 Å². The van der Waals surface area contributed by atoms with E-state index in [-0.39, 0.29) is 5.91 Å². The number of rotatable bonds is 2. The summed E-state index contributed by atoms with van der Waals surface area (Å²) in [5, 5.41) is 1.01. The number of carbonyl (C=O) groups excluding carboxylic acids is 1. The second-order valence-corrected chi connectivity index (χ2v) is 4.81. The number of likely N-dealkylation sites (tertiary alicyclic amines) is 1. The van der Waals surface area contributed by atoms with E-state index < -0.39 is 0 Å². The lowest BCUT2D eigenvalue weighted by molar-refractivity contribution is 0.0713. The van der Waals surface area contributed by atoms with Crippen molar-refractivity contribution in [3.8, 4) is 0 Å². The van der Waals surface area contributed by atoms with Crippen molar-refractivity contribution in [3.05, 3.63) is 24.1 Å². The third kappa shape index (κ3) is 1.72. The zero-order valence-electron chi connectivity index (χ0n) is 10.7. The van der Waals surface area contributed by atoms with Gasteiger partial charge in [0.15, 0.2) is 0 Å². The molecule has 1 amide bonds. The van der Waals surface area contributed by atoms with E-state index >= 15 is 0 Å². The van der Waals surface area contributed by atoms with Crippen LogP contribution in [0.2, 0.25) is 0 Å². The van der Waals surface area contributed by atoms with Crippen LogP contribution in [0.1, 0.15) is 36.7 Å². The summed E-state index contributed by atoms with van der Waals surface area (Å²) in [5.41, 5.74) is 1.56. The summed E-state index contributed by atoms with van der Waals surface area (Å²) in [7, 11) is 0. The highest BCUT2D eigenvalue weighted by atomic mass is 16.3. The molecule has 1 aliphatic heterocycles. The van der Waals surface area contributed by atoms with E-state index in [2.05, 4.69) is 0 Å². The Labute approximate surface area is 106 Å². The molecule has 1 fully saturated rings. The SMILES string of the molecule is CCn1c(C(=O)N2CCCCC2)cc2ccoc21. The Balaban J connectivity index is 1.97. The summed E-state index contributed by atoms with van der Waals surface area (Å²) in [6.45, 7) is 4.56. The fourth-order valence-corrected chi connectivity index (χ4v) is 2.73. The van der Waals surface area contributed by atoms with E-state index in [0.29, 0.717) is 0 Å². The molecule has 4 nitrogen and oxygen atoms in total. The average Bonchev–Trinajstić information content (AvgIpc) is 2.98. The Morgan fingerprint density at radius 3 is 2.83 bits per heavy atom. The molecular formula is C14H18N2O2. The Bertz CT molecular complexity index is 561. The molecule has 96 valence electrons. The van der Waals surface area contributed by atoms with E-state index in [1.54, 1.807) is 6.26 Å². The van der Waals surface area contributed by atoms with Gasteiger partial charge in [-0.05, 0) is 38.3 Å². The number of fused-ring (bicyclic) bond motifs is 1. The summed E-state index contributed by atoms with van der Waals surface area (Å²) in [6.07, 6.45) is 5.15. The second kappa shape index (κ2) is 4.52. The van der Waals surface area contributed by atoms with E-state index in [1.165, 1.54) is 6.42 Å². The Morgan fingerprint density at radius 1 is 1.33 bits per heavy atom. The van der Waals surface area contributed by atoms with Crippen LogP contribution in [0.15, 0.2) is 22.8 Å². The second-order valence-electron chi connectivity index (χ2n) is 4.81. The molecule has 0 N–H and O–H groups in total. The van der Waals surface area contributed by atoms with Crippen molar-refractivity contribution in [3.63, 3.8) is 0 Å². The summed E-state index contributed by atoms with van der Waals surface area (Å²) in [5.74, 6) is 0.142. The molecule has 0 atom stereocenters. The standard InChI is InChI=1S/C14H18N2O2/c1-2-16-12(10-11-6-9-18-14(11)16)13(17)15-7-4-3-5-8-15/h6,9-10H,2-5,7-8H2,1H3. The van der Waals surface area contributed by atoms with Crippen LogP contribution in [0.5, 0.6) is 0 Å². The highest BCUT2D eigenvalue weighted by molar-refractivity contribution is 5.97. The summed E-state index contributed by atoms with van der Waals surface area (Å²) in [6, 6.07) is 3.85. The first kappa shape index (κ1) is 11.4. The van der Waals surface area contributed by atoms with Crippen molar-refractivity contribution >= 4 is 17.0 Å². The minimum Gasteiger partial charge on any atom is -0.448 e. The topological polar surface area (TPSA) is 38.4 Å². The molecule has 0 bridgehead atoms. The van der Waals surface area contributed by atoms with Gasteiger partial charge in [-0.3, -0.25) is 4.79 Å². The molecule has 2 aromatic heterocycles. The Morgan fingerprint density at radius 2 is 2.11 bits per heavy atom. The molecule has 1 saturated heterocycles. The van der Waals surface area contributed by atoms with Gasteiger partial charge in [0.2, 0.25) is 5.71 Å². The molecule has 0 saturated carbocycles. The number of carbonyl (C=O) groups is 1. The van der Waals surface area contributed by atoms with Gasteiger partial charge in [-0.2, -0.15) is 0 Å². The maximum Gasteiger partial charge on any atom is 0.270 e. The third-order valence-corrected chi connectivity index (χ3v) is 3.68. The van der Waals surface area contributed by atoms with Crippen molar-refractivity contribution < 1.29 is 9.21 Å². The molecule has 3 rings (SSSR count). The zero-order valence-corrected chi connectivity index (χ0v) is 10.7. The van der Waals surface area contributed by atoms with Crippen molar-refractivity contribution in [2.75, 3.05) is 13.1 Å². The molecule has 0 radical (unpaired) electrons. The Hall–Kier alpha value is -1.71. The highest BCUT2D eigenvalue weighted by Crippen LogP contribution is 2.23. The molecule has 4 heteroatoms. The Kier molecular flexibility index (Phi) is 2.86. The number of piperidine rings is 1. The van der Waals surface area contributed by atoms with Crippen LogP contribution >= 0.6 is 0 Å². The molecule has 0 aromatic carbocycles. The van der Waals surface area contributed by atoms with Gasteiger partial charge in [0.1, 0.15) is 5.69 Å². The number of furan rings is 1. The fourth-order valence-electron chi connectivity index (χ4n) is 2.73. The quantitative estimate of drug-likeness (QED) is 0.817.